The lowest BCUT2D eigenvalue weighted by Crippen LogP contribution is -2.48. The monoisotopic (exact) mass is 1100 g/mol. The SMILES string of the molecule is Cc1ccc(CCCC(=O)NCCCC[C@H](NC(=O)C(CCCCNC(=O)OC(C)(C)C)CC(=O)CCCCCCCNC(=O)CCC(NC(=O)CC(CCC(C)(C)C)C(C)(C)C)C(C)(C)C)C(=O)C(=O)OC(C)(C)C)cc1. The Balaban J connectivity index is 2.81. The van der Waals surface area contributed by atoms with E-state index >= 15 is 0 Å². The molecule has 446 valence electrons. The van der Waals surface area contributed by atoms with Gasteiger partial charge in [0.05, 0.1) is 6.04 Å². The van der Waals surface area contributed by atoms with Crippen LogP contribution in [0.1, 0.15) is 243 Å². The van der Waals surface area contributed by atoms with Gasteiger partial charge in [-0.3, -0.25) is 28.8 Å². The van der Waals surface area contributed by atoms with Crippen LogP contribution in [-0.4, -0.2) is 90.2 Å². The van der Waals surface area contributed by atoms with E-state index in [1.165, 1.54) is 11.1 Å². The van der Waals surface area contributed by atoms with Crippen molar-refractivity contribution in [3.63, 3.8) is 0 Å². The number of benzene rings is 1. The van der Waals surface area contributed by atoms with E-state index in [-0.39, 0.29) is 71.0 Å². The number of rotatable bonds is 36. The second-order valence-corrected chi connectivity index (χ2v) is 27.2. The number of amides is 5. The maximum atomic E-state index is 14.1. The molecule has 0 spiro atoms. The minimum Gasteiger partial charge on any atom is -0.454 e. The molecule has 0 fully saturated rings. The second kappa shape index (κ2) is 35.0. The van der Waals surface area contributed by atoms with Gasteiger partial charge in [-0.1, -0.05) is 118 Å². The van der Waals surface area contributed by atoms with Gasteiger partial charge in [-0.05, 0) is 153 Å². The van der Waals surface area contributed by atoms with Gasteiger partial charge in [0.2, 0.25) is 23.6 Å². The van der Waals surface area contributed by atoms with E-state index in [0.717, 1.165) is 44.9 Å². The van der Waals surface area contributed by atoms with Crippen LogP contribution in [0.25, 0.3) is 0 Å². The fourth-order valence-electron chi connectivity index (χ4n) is 8.97. The molecule has 15 heteroatoms. The van der Waals surface area contributed by atoms with Crippen LogP contribution in [0, 0.1) is 35.0 Å². The number of alkyl carbamates (subject to hydrolysis) is 1. The van der Waals surface area contributed by atoms with E-state index in [9.17, 15) is 38.4 Å². The molecule has 5 N–H and O–H groups in total. The average molecular weight is 1100 g/mol. The lowest BCUT2D eigenvalue weighted by molar-refractivity contribution is -0.163. The second-order valence-electron chi connectivity index (χ2n) is 27.2. The molecule has 0 saturated heterocycles. The first-order chi connectivity index (χ1) is 36.0. The Morgan fingerprint density at radius 3 is 1.60 bits per heavy atom. The summed E-state index contributed by atoms with van der Waals surface area (Å²) in [6.45, 7) is 33.1. The molecular formula is C63H109N5O10. The molecule has 0 bridgehead atoms. The van der Waals surface area contributed by atoms with Crippen molar-refractivity contribution in [1.82, 2.24) is 26.6 Å². The zero-order valence-corrected chi connectivity index (χ0v) is 51.7. The molecule has 1 rings (SSSR count). The molecule has 1 aromatic carbocycles. The molecular weight excluding hydrogens is 987 g/mol. The number of unbranched alkanes of at least 4 members (excludes halogenated alkanes) is 6. The van der Waals surface area contributed by atoms with E-state index in [2.05, 4.69) is 113 Å². The van der Waals surface area contributed by atoms with Crippen molar-refractivity contribution in [2.45, 2.75) is 269 Å². The summed E-state index contributed by atoms with van der Waals surface area (Å²) in [5.41, 5.74) is 0.751. The smallest absolute Gasteiger partial charge is 0.407 e. The van der Waals surface area contributed by atoms with E-state index < -0.39 is 46.9 Å². The topological polar surface area (TPSA) is 215 Å². The van der Waals surface area contributed by atoms with Gasteiger partial charge in [-0.25, -0.2) is 9.59 Å². The molecule has 0 aliphatic rings. The molecule has 15 nitrogen and oxygen atoms in total. The first kappa shape index (κ1) is 71.2. The molecule has 0 saturated carbocycles. The highest BCUT2D eigenvalue weighted by Gasteiger charge is 2.34. The Morgan fingerprint density at radius 1 is 0.500 bits per heavy atom. The van der Waals surface area contributed by atoms with Crippen molar-refractivity contribution < 1.29 is 47.8 Å². The van der Waals surface area contributed by atoms with Crippen molar-refractivity contribution in [1.29, 1.82) is 0 Å². The van der Waals surface area contributed by atoms with Gasteiger partial charge in [0, 0.05) is 63.7 Å². The first-order valence-electron chi connectivity index (χ1n) is 29.5. The number of Topliss-reactive ketones (excluding diaryl/α,β-unsaturated/α-hetero) is 2. The van der Waals surface area contributed by atoms with Gasteiger partial charge in [-0.15, -0.1) is 0 Å². The quantitative estimate of drug-likeness (QED) is 0.0243. The summed E-state index contributed by atoms with van der Waals surface area (Å²) in [5.74, 6) is -3.13. The molecule has 0 heterocycles. The normalized spacial score (nSPS) is 13.8. The van der Waals surface area contributed by atoms with Crippen LogP contribution in [-0.2, 0) is 49.5 Å². The Labute approximate surface area is 472 Å². The first-order valence-corrected chi connectivity index (χ1v) is 29.5. The zero-order chi connectivity index (χ0) is 59.3. The predicted molar refractivity (Wildman–Crippen MR) is 313 cm³/mol. The van der Waals surface area contributed by atoms with E-state index in [0.29, 0.717) is 90.3 Å². The van der Waals surface area contributed by atoms with Gasteiger partial charge in [0.25, 0.3) is 5.78 Å². The summed E-state index contributed by atoms with van der Waals surface area (Å²) in [6, 6.07) is 6.91. The van der Waals surface area contributed by atoms with Crippen LogP contribution < -0.4 is 26.6 Å². The summed E-state index contributed by atoms with van der Waals surface area (Å²) in [6.07, 6.45) is 11.3. The maximum Gasteiger partial charge on any atom is 0.407 e. The standard InChI is InChI=1S/C63H109N5O10/c1-45-32-34-46(35-33-45)27-26-31-52(70)64-41-25-22-30-50(55(73)57(75)77-62(11,12)13)67-56(74)47(28-21-24-42-66-58(76)78-63(14,15)16)43-49(69)29-20-18-17-19-23-40-65-53(71)37-36-51(61(8,9)10)68-54(72)44-48(60(5,6)7)38-39-59(2,3)4/h32-35,47-48,50-51H,17-31,36-44H2,1-16H3,(H,64,70)(H,65,71)(H,66,76)(H,67,74)(H,68,72)/t47?,48?,50-,51?/m0/s1. The molecule has 1 aromatic rings. The largest absolute Gasteiger partial charge is 0.454 e. The minimum atomic E-state index is -1.19. The number of carbonyl (C=O) groups excluding carboxylic acids is 8. The summed E-state index contributed by atoms with van der Waals surface area (Å²) < 4.78 is 10.7. The molecule has 0 aliphatic heterocycles. The summed E-state index contributed by atoms with van der Waals surface area (Å²) in [4.78, 5) is 105. The van der Waals surface area contributed by atoms with Crippen molar-refractivity contribution in [2.75, 3.05) is 19.6 Å². The molecule has 4 atom stereocenters. The minimum absolute atomic E-state index is 0.00400. The lowest BCUT2D eigenvalue weighted by atomic mass is 9.73. The third-order valence-electron chi connectivity index (χ3n) is 13.9. The van der Waals surface area contributed by atoms with Gasteiger partial charge in [0.1, 0.15) is 17.0 Å². The number of ketones is 2. The van der Waals surface area contributed by atoms with Crippen LogP contribution in [0.15, 0.2) is 24.3 Å². The summed E-state index contributed by atoms with van der Waals surface area (Å²) in [7, 11) is 0. The number of hydrogen-bond donors (Lipinski definition) is 5. The molecule has 78 heavy (non-hydrogen) atoms. The molecule has 0 aromatic heterocycles. The van der Waals surface area contributed by atoms with Crippen LogP contribution >= 0.6 is 0 Å². The van der Waals surface area contributed by atoms with Gasteiger partial charge >= 0.3 is 12.1 Å². The highest BCUT2D eigenvalue weighted by Crippen LogP contribution is 2.36. The van der Waals surface area contributed by atoms with Crippen LogP contribution in [0.3, 0.4) is 0 Å². The third kappa shape index (κ3) is 35.6. The number of nitrogens with one attached hydrogen (secondary N) is 5. The molecule has 5 amide bonds. The highest BCUT2D eigenvalue weighted by molar-refractivity contribution is 6.36. The number of ether oxygens (including phenoxy) is 2. The Bertz CT molecular complexity index is 2000. The lowest BCUT2D eigenvalue weighted by Gasteiger charge is -2.35. The molecule has 3 unspecified atom stereocenters. The number of aryl methyl sites for hydroxylation is 2. The Kier molecular flexibility index (Phi) is 32.0. The zero-order valence-electron chi connectivity index (χ0n) is 51.7. The van der Waals surface area contributed by atoms with Crippen molar-refractivity contribution in [3.05, 3.63) is 35.4 Å². The Morgan fingerprint density at radius 2 is 1.04 bits per heavy atom. The van der Waals surface area contributed by atoms with Crippen molar-refractivity contribution in [3.8, 4) is 0 Å². The number of hydrogen-bond acceptors (Lipinski definition) is 10. The third-order valence-corrected chi connectivity index (χ3v) is 13.9. The van der Waals surface area contributed by atoms with Crippen molar-refractivity contribution >= 4 is 47.3 Å². The summed E-state index contributed by atoms with van der Waals surface area (Å²) >= 11 is 0. The fraction of sp³-hybridized carbons (Fsp3) is 0.778. The average Bonchev–Trinajstić information content (AvgIpc) is 3.29. The molecule has 0 radical (unpaired) electrons. The summed E-state index contributed by atoms with van der Waals surface area (Å²) in [5, 5.41) is 14.8. The predicted octanol–water partition coefficient (Wildman–Crippen LogP) is 11.9. The van der Waals surface area contributed by atoms with Gasteiger partial charge in [-0.2, -0.15) is 0 Å². The maximum absolute atomic E-state index is 14.1. The molecule has 0 aliphatic carbocycles. The number of esters is 1. The van der Waals surface area contributed by atoms with Gasteiger partial charge in [0.15, 0.2) is 0 Å². The highest BCUT2D eigenvalue weighted by atomic mass is 16.6. The van der Waals surface area contributed by atoms with E-state index in [1.54, 1.807) is 41.5 Å². The van der Waals surface area contributed by atoms with Crippen LogP contribution in [0.4, 0.5) is 4.79 Å². The van der Waals surface area contributed by atoms with Gasteiger partial charge < -0.3 is 36.1 Å². The van der Waals surface area contributed by atoms with E-state index in [1.807, 2.05) is 6.92 Å². The van der Waals surface area contributed by atoms with Crippen LogP contribution in [0.5, 0.6) is 0 Å². The van der Waals surface area contributed by atoms with Crippen molar-refractivity contribution in [2.24, 2.45) is 28.1 Å². The van der Waals surface area contributed by atoms with Crippen LogP contribution in [0.2, 0.25) is 0 Å². The van der Waals surface area contributed by atoms with E-state index in [4.69, 9.17) is 9.47 Å². The number of carbonyl (C=O) groups is 8. The Hall–Kier alpha value is -4.82. The fourth-order valence-corrected chi connectivity index (χ4v) is 8.97.